The van der Waals surface area contributed by atoms with Gasteiger partial charge in [0.2, 0.25) is 0 Å². The van der Waals surface area contributed by atoms with Crippen molar-refractivity contribution in [2.45, 2.75) is 39.7 Å². The average molecular weight is 398 g/mol. The quantitative estimate of drug-likeness (QED) is 0.429. The van der Waals surface area contributed by atoms with Gasteiger partial charge in [0.05, 0.1) is 11.0 Å². The number of carbonyl (C=O) groups excluding carboxylic acids is 1. The third-order valence-corrected chi connectivity index (χ3v) is 5.34. The summed E-state index contributed by atoms with van der Waals surface area (Å²) in [6, 6.07) is 24.0. The Morgan fingerprint density at radius 2 is 1.67 bits per heavy atom. The molecule has 0 fully saturated rings. The van der Waals surface area contributed by atoms with Gasteiger partial charge in [0.25, 0.3) is 5.91 Å². The first-order valence-electron chi connectivity index (χ1n) is 10.5. The molecule has 0 aliphatic carbocycles. The molecule has 1 amide bonds. The summed E-state index contributed by atoms with van der Waals surface area (Å²) in [7, 11) is 0. The van der Waals surface area contributed by atoms with Gasteiger partial charge in [0, 0.05) is 24.2 Å². The van der Waals surface area contributed by atoms with Crippen LogP contribution in [-0.2, 0) is 19.4 Å². The van der Waals surface area contributed by atoms with E-state index in [1.54, 1.807) is 0 Å². The Hall–Kier alpha value is -3.40. The molecular formula is C26H27N3O. The van der Waals surface area contributed by atoms with Gasteiger partial charge < -0.3 is 9.88 Å². The number of amides is 1. The second-order valence-electron chi connectivity index (χ2n) is 7.69. The number of nitrogens with one attached hydrogen (secondary N) is 1. The molecule has 152 valence electrons. The number of para-hydroxylation sites is 2. The van der Waals surface area contributed by atoms with Crippen LogP contribution in [0.25, 0.3) is 11.0 Å². The van der Waals surface area contributed by atoms with Gasteiger partial charge in [0.1, 0.15) is 5.82 Å². The molecule has 0 unspecified atom stereocenters. The molecule has 3 aromatic carbocycles. The van der Waals surface area contributed by atoms with E-state index in [4.69, 9.17) is 4.98 Å². The van der Waals surface area contributed by atoms with Crippen LogP contribution < -0.4 is 5.32 Å². The molecule has 0 saturated carbocycles. The average Bonchev–Trinajstić information content (AvgIpc) is 3.11. The van der Waals surface area contributed by atoms with Crippen LogP contribution in [0.5, 0.6) is 0 Å². The minimum Gasteiger partial charge on any atom is -0.328 e. The molecule has 0 saturated heterocycles. The number of carbonyl (C=O) groups is 1. The molecule has 30 heavy (non-hydrogen) atoms. The number of rotatable bonds is 7. The van der Waals surface area contributed by atoms with Crippen LogP contribution in [0.15, 0.2) is 72.8 Å². The third-order valence-electron chi connectivity index (χ3n) is 5.34. The third kappa shape index (κ3) is 4.43. The van der Waals surface area contributed by atoms with Crippen LogP contribution in [0.4, 0.5) is 5.69 Å². The molecule has 4 nitrogen and oxygen atoms in total. The lowest BCUT2D eigenvalue weighted by atomic mass is 10.1. The second-order valence-corrected chi connectivity index (χ2v) is 7.69. The first-order valence-corrected chi connectivity index (χ1v) is 10.5. The molecule has 0 radical (unpaired) electrons. The summed E-state index contributed by atoms with van der Waals surface area (Å²) in [5.74, 6) is 1.05. The van der Waals surface area contributed by atoms with Crippen LogP contribution >= 0.6 is 0 Å². The number of hydrogen-bond donors (Lipinski definition) is 1. The zero-order chi connectivity index (χ0) is 20.9. The molecule has 4 heteroatoms. The van der Waals surface area contributed by atoms with Gasteiger partial charge in [-0.2, -0.15) is 0 Å². The maximum Gasteiger partial charge on any atom is 0.255 e. The lowest BCUT2D eigenvalue weighted by molar-refractivity contribution is 0.102. The highest BCUT2D eigenvalue weighted by Gasteiger charge is 2.10. The topological polar surface area (TPSA) is 46.9 Å². The van der Waals surface area contributed by atoms with Crippen LogP contribution in [-0.4, -0.2) is 15.5 Å². The summed E-state index contributed by atoms with van der Waals surface area (Å²) < 4.78 is 2.34. The van der Waals surface area contributed by atoms with Crippen molar-refractivity contribution in [2.75, 3.05) is 5.32 Å². The van der Waals surface area contributed by atoms with E-state index in [0.717, 1.165) is 48.4 Å². The zero-order valence-electron chi connectivity index (χ0n) is 17.6. The smallest absolute Gasteiger partial charge is 0.255 e. The molecule has 0 spiro atoms. The Kier molecular flexibility index (Phi) is 5.94. The Morgan fingerprint density at radius 3 is 2.40 bits per heavy atom. The number of benzene rings is 3. The number of nitrogens with zero attached hydrogens (tertiary/aromatic N) is 2. The fourth-order valence-corrected chi connectivity index (χ4v) is 3.71. The van der Waals surface area contributed by atoms with E-state index in [1.165, 1.54) is 11.1 Å². The fraction of sp³-hybridized carbons (Fsp3) is 0.231. The maximum absolute atomic E-state index is 12.4. The number of hydrogen-bond acceptors (Lipinski definition) is 2. The van der Waals surface area contributed by atoms with Crippen molar-refractivity contribution in [1.82, 2.24) is 9.55 Å². The van der Waals surface area contributed by atoms with Crippen molar-refractivity contribution in [2.24, 2.45) is 0 Å². The monoisotopic (exact) mass is 397 g/mol. The van der Waals surface area contributed by atoms with Gasteiger partial charge in [-0.3, -0.25) is 4.79 Å². The van der Waals surface area contributed by atoms with E-state index in [2.05, 4.69) is 47.1 Å². The summed E-state index contributed by atoms with van der Waals surface area (Å²) in [4.78, 5) is 17.2. The van der Waals surface area contributed by atoms with Gasteiger partial charge in [0.15, 0.2) is 0 Å². The number of aromatic nitrogens is 2. The Morgan fingerprint density at radius 1 is 0.933 bits per heavy atom. The van der Waals surface area contributed by atoms with E-state index in [0.29, 0.717) is 5.56 Å². The normalized spacial score (nSPS) is 11.0. The molecule has 1 N–H and O–H groups in total. The van der Waals surface area contributed by atoms with E-state index in [-0.39, 0.29) is 5.91 Å². The number of fused-ring (bicyclic) bond motifs is 1. The highest BCUT2D eigenvalue weighted by atomic mass is 16.1. The Bertz CT molecular complexity index is 1140. The van der Waals surface area contributed by atoms with Crippen molar-refractivity contribution < 1.29 is 4.79 Å². The van der Waals surface area contributed by atoms with Crippen LogP contribution in [0.1, 0.15) is 40.7 Å². The molecule has 0 bridgehead atoms. The maximum atomic E-state index is 12.4. The standard InChI is InChI=1S/C26H27N3O/c1-3-18-29-24-7-5-4-6-23(24)28-25(29)17-12-20-10-15-22(16-11-20)27-26(30)21-13-8-19(2)9-14-21/h4-11,13-16H,3,12,17-18H2,1-2H3,(H,27,30). The number of anilines is 1. The highest BCUT2D eigenvalue weighted by molar-refractivity contribution is 6.04. The molecule has 1 aromatic heterocycles. The summed E-state index contributed by atoms with van der Waals surface area (Å²) >= 11 is 0. The first kappa shape index (κ1) is 19.9. The summed E-state index contributed by atoms with van der Waals surface area (Å²) in [5, 5.41) is 2.97. The minimum atomic E-state index is -0.0870. The highest BCUT2D eigenvalue weighted by Crippen LogP contribution is 2.19. The predicted molar refractivity (Wildman–Crippen MR) is 123 cm³/mol. The molecule has 0 atom stereocenters. The van der Waals surface area contributed by atoms with Crippen LogP contribution in [0.3, 0.4) is 0 Å². The molecule has 0 aliphatic rings. The predicted octanol–water partition coefficient (Wildman–Crippen LogP) is 5.79. The minimum absolute atomic E-state index is 0.0870. The molecular weight excluding hydrogens is 370 g/mol. The SMILES string of the molecule is CCCn1c(CCc2ccc(NC(=O)c3ccc(C)cc3)cc2)nc2ccccc21. The van der Waals surface area contributed by atoms with Gasteiger partial charge in [-0.05, 0) is 61.7 Å². The molecule has 4 aromatic rings. The van der Waals surface area contributed by atoms with Gasteiger partial charge in [-0.25, -0.2) is 4.98 Å². The summed E-state index contributed by atoms with van der Waals surface area (Å²) in [6.45, 7) is 5.19. The van der Waals surface area contributed by atoms with E-state index < -0.39 is 0 Å². The van der Waals surface area contributed by atoms with Crippen molar-refractivity contribution in [3.63, 3.8) is 0 Å². The van der Waals surface area contributed by atoms with Gasteiger partial charge in [-0.15, -0.1) is 0 Å². The lowest BCUT2D eigenvalue weighted by Gasteiger charge is -2.09. The van der Waals surface area contributed by atoms with Gasteiger partial charge >= 0.3 is 0 Å². The fourth-order valence-electron chi connectivity index (χ4n) is 3.71. The second kappa shape index (κ2) is 8.95. The Balaban J connectivity index is 1.42. The van der Waals surface area contributed by atoms with E-state index >= 15 is 0 Å². The van der Waals surface area contributed by atoms with E-state index in [1.807, 2.05) is 49.4 Å². The van der Waals surface area contributed by atoms with Gasteiger partial charge in [-0.1, -0.05) is 48.9 Å². The number of aryl methyl sites for hydroxylation is 4. The molecule has 4 rings (SSSR count). The molecule has 0 aliphatic heterocycles. The van der Waals surface area contributed by atoms with Crippen molar-refractivity contribution in [3.05, 3.63) is 95.3 Å². The van der Waals surface area contributed by atoms with E-state index in [9.17, 15) is 4.79 Å². The van der Waals surface area contributed by atoms with Crippen molar-refractivity contribution in [1.29, 1.82) is 0 Å². The first-order chi connectivity index (χ1) is 14.6. The Labute approximate surface area is 177 Å². The van der Waals surface area contributed by atoms with Crippen LogP contribution in [0, 0.1) is 6.92 Å². The van der Waals surface area contributed by atoms with Crippen molar-refractivity contribution >= 4 is 22.6 Å². The largest absolute Gasteiger partial charge is 0.328 e. The zero-order valence-corrected chi connectivity index (χ0v) is 17.6. The van der Waals surface area contributed by atoms with Crippen LogP contribution in [0.2, 0.25) is 0 Å². The summed E-state index contributed by atoms with van der Waals surface area (Å²) in [5.41, 5.74) is 6.13. The van der Waals surface area contributed by atoms with Crippen molar-refractivity contribution in [3.8, 4) is 0 Å². The lowest BCUT2D eigenvalue weighted by Crippen LogP contribution is -2.11. The number of imidazole rings is 1. The molecule has 1 heterocycles. The summed E-state index contributed by atoms with van der Waals surface area (Å²) in [6.07, 6.45) is 2.89.